The van der Waals surface area contributed by atoms with Gasteiger partial charge in [-0.15, -0.1) is 0 Å². The lowest BCUT2D eigenvalue weighted by atomic mass is 10.1. The normalized spacial score (nSPS) is 17.0. The van der Waals surface area contributed by atoms with Crippen LogP contribution in [0, 0.1) is 0 Å². The molecule has 1 atom stereocenters. The smallest absolute Gasteiger partial charge is 0.300 e. The van der Waals surface area contributed by atoms with Crippen LogP contribution in [0.4, 0.5) is 0 Å². The lowest BCUT2D eigenvalue weighted by molar-refractivity contribution is -0.134. The summed E-state index contributed by atoms with van der Waals surface area (Å²) in [4.78, 5) is 21.0. The number of ether oxygens (including phenoxy) is 2. The van der Waals surface area contributed by atoms with Crippen LogP contribution < -0.4 is 15.8 Å². The van der Waals surface area contributed by atoms with Gasteiger partial charge in [0.05, 0.1) is 25.4 Å². The Bertz CT molecular complexity index is 749. The first kappa shape index (κ1) is 24.8. The van der Waals surface area contributed by atoms with Gasteiger partial charge in [-0.1, -0.05) is 12.1 Å². The number of nitrogens with two attached hydrogens (primary N) is 1. The third-order valence-corrected chi connectivity index (χ3v) is 5.04. The summed E-state index contributed by atoms with van der Waals surface area (Å²) in [5.41, 5.74) is 6.24. The molecule has 1 aliphatic rings. The van der Waals surface area contributed by atoms with Crippen molar-refractivity contribution in [3.8, 4) is 5.75 Å². The van der Waals surface area contributed by atoms with Gasteiger partial charge in [0.25, 0.3) is 5.97 Å². The van der Waals surface area contributed by atoms with E-state index >= 15 is 0 Å². The van der Waals surface area contributed by atoms with Gasteiger partial charge in [-0.25, -0.2) is 8.42 Å². The lowest BCUT2D eigenvalue weighted by Gasteiger charge is -2.31. The fraction of sp³-hybridized carbons (Fsp3) is 0.556. The van der Waals surface area contributed by atoms with E-state index in [1.54, 1.807) is 12.1 Å². The summed E-state index contributed by atoms with van der Waals surface area (Å²) in [6.45, 7) is 3.20. The summed E-state index contributed by atoms with van der Waals surface area (Å²) in [6, 6.07) is 7.25. The Morgan fingerprint density at radius 1 is 1.34 bits per heavy atom. The summed E-state index contributed by atoms with van der Waals surface area (Å²) >= 11 is 0. The minimum absolute atomic E-state index is 0.143. The number of nitrogens with one attached hydrogen (secondary N) is 1. The van der Waals surface area contributed by atoms with E-state index in [9.17, 15) is 13.2 Å². The molecule has 29 heavy (non-hydrogen) atoms. The van der Waals surface area contributed by atoms with Crippen LogP contribution in [0.25, 0.3) is 0 Å². The average Bonchev–Trinajstić information content (AvgIpc) is 2.65. The molecule has 1 saturated heterocycles. The van der Waals surface area contributed by atoms with E-state index in [0.29, 0.717) is 32.1 Å². The van der Waals surface area contributed by atoms with Gasteiger partial charge in [-0.2, -0.15) is 4.31 Å². The van der Waals surface area contributed by atoms with E-state index < -0.39 is 16.0 Å². The number of hydrogen-bond donors (Lipinski definition) is 3. The van der Waals surface area contributed by atoms with Crippen LogP contribution in [-0.2, 0) is 30.8 Å². The number of morpholine rings is 1. The minimum Gasteiger partial charge on any atom is -0.492 e. The van der Waals surface area contributed by atoms with Crippen molar-refractivity contribution in [1.29, 1.82) is 0 Å². The van der Waals surface area contributed by atoms with Crippen LogP contribution in [0.15, 0.2) is 24.3 Å². The molecule has 10 nitrogen and oxygen atoms in total. The summed E-state index contributed by atoms with van der Waals surface area (Å²) < 4.78 is 35.4. The van der Waals surface area contributed by atoms with E-state index in [1.807, 2.05) is 12.1 Å². The van der Waals surface area contributed by atoms with Crippen LogP contribution in [-0.4, -0.2) is 81.5 Å². The molecule has 0 spiro atoms. The molecule has 0 saturated carbocycles. The number of carboxylic acids is 1. The second-order valence-corrected chi connectivity index (χ2v) is 8.38. The molecule has 0 bridgehead atoms. The highest BCUT2D eigenvalue weighted by molar-refractivity contribution is 7.88. The maximum atomic E-state index is 12.0. The molecule has 0 radical (unpaired) electrons. The molecule has 1 aromatic carbocycles. The number of amides is 1. The molecule has 11 heteroatoms. The van der Waals surface area contributed by atoms with Crippen molar-refractivity contribution >= 4 is 21.9 Å². The summed E-state index contributed by atoms with van der Waals surface area (Å²) in [7, 11) is -3.24. The molecule has 1 aliphatic heterocycles. The quantitative estimate of drug-likeness (QED) is 0.496. The molecule has 2 rings (SSSR count). The lowest BCUT2D eigenvalue weighted by Crippen LogP contribution is -2.49. The number of nitrogens with zero attached hydrogens (tertiary/aromatic N) is 1. The van der Waals surface area contributed by atoms with Crippen LogP contribution in [0.2, 0.25) is 0 Å². The highest BCUT2D eigenvalue weighted by atomic mass is 32.2. The van der Waals surface area contributed by atoms with Crippen LogP contribution in [0.1, 0.15) is 12.5 Å². The summed E-state index contributed by atoms with van der Waals surface area (Å²) in [5, 5.41) is 10.2. The molecule has 1 heterocycles. The molecule has 1 aromatic rings. The Morgan fingerprint density at radius 2 is 1.97 bits per heavy atom. The Morgan fingerprint density at radius 3 is 2.52 bits per heavy atom. The second kappa shape index (κ2) is 12.4. The Hall–Kier alpha value is -2.21. The van der Waals surface area contributed by atoms with Crippen molar-refractivity contribution in [3.05, 3.63) is 29.8 Å². The van der Waals surface area contributed by atoms with Crippen LogP contribution in [0.5, 0.6) is 5.75 Å². The molecule has 0 aromatic heterocycles. The third-order valence-electron chi connectivity index (χ3n) is 3.77. The molecular formula is C18H29N3O7S. The number of benzene rings is 1. The Kier molecular flexibility index (Phi) is 10.6. The summed E-state index contributed by atoms with van der Waals surface area (Å²) in [5.74, 6) is -0.262. The van der Waals surface area contributed by atoms with Crippen LogP contribution >= 0.6 is 0 Å². The number of carboxylic acid groups (broad SMARTS) is 1. The van der Waals surface area contributed by atoms with Gasteiger partial charge >= 0.3 is 0 Å². The maximum Gasteiger partial charge on any atom is 0.300 e. The highest BCUT2D eigenvalue weighted by Crippen LogP contribution is 2.12. The Labute approximate surface area is 171 Å². The number of hydrogen-bond acceptors (Lipinski definition) is 7. The first-order valence-electron chi connectivity index (χ1n) is 9.06. The zero-order valence-corrected chi connectivity index (χ0v) is 17.5. The SMILES string of the molecule is CC(=O)O.CS(=O)(=O)N1CCOC(CNC(=O)Cc2ccc(OCCN)cc2)C1. The zero-order chi connectivity index (χ0) is 21.9. The fourth-order valence-corrected chi connectivity index (χ4v) is 3.32. The van der Waals surface area contributed by atoms with Crippen molar-refractivity contribution in [2.45, 2.75) is 19.4 Å². The minimum atomic E-state index is -3.24. The van der Waals surface area contributed by atoms with Gasteiger partial charge in [0.2, 0.25) is 15.9 Å². The van der Waals surface area contributed by atoms with Crippen LogP contribution in [0.3, 0.4) is 0 Å². The standard InChI is InChI=1S/C16H25N3O5S.C2H4O2/c1-25(21,22)19-7-9-24-15(12-19)11-18-16(20)10-13-2-4-14(5-3-13)23-8-6-17;1-2(3)4/h2-5,15H,6-12,17H2,1H3,(H,18,20);1H3,(H,3,4). The van der Waals surface area contributed by atoms with Crippen molar-refractivity contribution in [3.63, 3.8) is 0 Å². The van der Waals surface area contributed by atoms with E-state index in [4.69, 9.17) is 25.1 Å². The predicted octanol–water partition coefficient (Wildman–Crippen LogP) is -0.566. The second-order valence-electron chi connectivity index (χ2n) is 6.39. The van der Waals surface area contributed by atoms with Gasteiger partial charge in [0.15, 0.2) is 0 Å². The number of carbonyl (C=O) groups is 2. The molecule has 4 N–H and O–H groups in total. The van der Waals surface area contributed by atoms with Gasteiger partial charge in [-0.05, 0) is 17.7 Å². The van der Waals surface area contributed by atoms with E-state index in [2.05, 4.69) is 5.32 Å². The third kappa shape index (κ3) is 10.8. The van der Waals surface area contributed by atoms with Gasteiger partial charge < -0.3 is 25.6 Å². The van der Waals surface area contributed by atoms with Gasteiger partial charge in [0, 0.05) is 33.1 Å². The molecule has 1 amide bonds. The van der Waals surface area contributed by atoms with Gasteiger partial charge in [0.1, 0.15) is 12.4 Å². The highest BCUT2D eigenvalue weighted by Gasteiger charge is 2.26. The number of aliphatic carboxylic acids is 1. The zero-order valence-electron chi connectivity index (χ0n) is 16.7. The Balaban J connectivity index is 0.000000960. The van der Waals surface area contributed by atoms with Crippen molar-refractivity contribution < 1.29 is 32.6 Å². The van der Waals surface area contributed by atoms with Crippen molar-refractivity contribution in [1.82, 2.24) is 9.62 Å². The monoisotopic (exact) mass is 431 g/mol. The van der Waals surface area contributed by atoms with E-state index in [1.165, 1.54) is 10.6 Å². The molecule has 1 fully saturated rings. The topological polar surface area (TPSA) is 148 Å². The van der Waals surface area contributed by atoms with Gasteiger partial charge in [-0.3, -0.25) is 9.59 Å². The number of carbonyl (C=O) groups excluding carboxylic acids is 1. The maximum absolute atomic E-state index is 12.0. The van der Waals surface area contributed by atoms with E-state index in [0.717, 1.165) is 12.5 Å². The fourth-order valence-electron chi connectivity index (χ4n) is 2.47. The molecule has 0 aliphatic carbocycles. The first-order valence-corrected chi connectivity index (χ1v) is 10.9. The summed E-state index contributed by atoms with van der Waals surface area (Å²) in [6.07, 6.45) is 1.08. The average molecular weight is 432 g/mol. The molecule has 1 unspecified atom stereocenters. The molecule has 164 valence electrons. The van der Waals surface area contributed by atoms with E-state index in [-0.39, 0.29) is 31.5 Å². The number of rotatable bonds is 8. The predicted molar refractivity (Wildman–Crippen MR) is 107 cm³/mol. The van der Waals surface area contributed by atoms with Crippen molar-refractivity contribution in [2.75, 3.05) is 45.6 Å². The first-order chi connectivity index (χ1) is 13.6. The largest absolute Gasteiger partial charge is 0.492 e. The molecular weight excluding hydrogens is 402 g/mol. The van der Waals surface area contributed by atoms with Crippen molar-refractivity contribution in [2.24, 2.45) is 5.73 Å². The number of sulfonamides is 1.